The smallest absolute Gasteiger partial charge is 0.207 e. The summed E-state index contributed by atoms with van der Waals surface area (Å²) in [6.07, 6.45) is 7.55. The van der Waals surface area contributed by atoms with Crippen LogP contribution in [0.5, 0.6) is 0 Å². The van der Waals surface area contributed by atoms with Crippen molar-refractivity contribution in [2.45, 2.75) is 26.3 Å². The van der Waals surface area contributed by atoms with Crippen LogP contribution in [0, 0.1) is 16.9 Å². The van der Waals surface area contributed by atoms with Crippen molar-refractivity contribution < 1.29 is 0 Å². The summed E-state index contributed by atoms with van der Waals surface area (Å²) < 4.78 is 0. The average molecular weight is 245 g/mol. The van der Waals surface area contributed by atoms with E-state index in [0.29, 0.717) is 6.54 Å². The van der Waals surface area contributed by atoms with Crippen molar-refractivity contribution in [2.75, 3.05) is 13.6 Å². The summed E-state index contributed by atoms with van der Waals surface area (Å²) in [5.74, 6) is 0.231. The molecule has 0 amide bonds. The van der Waals surface area contributed by atoms with E-state index in [4.69, 9.17) is 10.7 Å². The first kappa shape index (κ1) is 14.0. The molecule has 1 N–H and O–H groups in total. The molecule has 0 bridgehead atoms. The van der Waals surface area contributed by atoms with Gasteiger partial charge >= 0.3 is 0 Å². The molecule has 0 aliphatic carbocycles. The minimum absolute atomic E-state index is 0.231. The molecular weight excluding hydrogens is 226 g/mol. The Kier molecular flexibility index (Phi) is 5.65. The Morgan fingerprint density at radius 3 is 2.89 bits per heavy atom. The van der Waals surface area contributed by atoms with Gasteiger partial charge in [0.1, 0.15) is 0 Å². The summed E-state index contributed by atoms with van der Waals surface area (Å²) in [4.78, 5) is 7.17. The molecule has 0 unspecified atom stereocenters. The molecule has 1 aromatic heterocycles. The standard InChI is InChI=1S/C13H19N5/c1-3-4-8-17(2)13(15)18(11-14)10-12-6-5-7-16-9-12/h5-7,9,15H,3-4,8,10H2,1-2H3. The number of hydrogen-bond acceptors (Lipinski definition) is 3. The van der Waals surface area contributed by atoms with E-state index in [0.717, 1.165) is 24.9 Å². The summed E-state index contributed by atoms with van der Waals surface area (Å²) in [7, 11) is 1.84. The molecule has 0 saturated carbocycles. The number of nitrogens with zero attached hydrogens (tertiary/aromatic N) is 4. The van der Waals surface area contributed by atoms with Crippen LogP contribution in [0.1, 0.15) is 25.3 Å². The number of aromatic nitrogens is 1. The summed E-state index contributed by atoms with van der Waals surface area (Å²) in [6.45, 7) is 3.29. The molecule has 0 spiro atoms. The summed E-state index contributed by atoms with van der Waals surface area (Å²) in [6, 6.07) is 3.73. The maximum absolute atomic E-state index is 9.12. The van der Waals surface area contributed by atoms with Crippen LogP contribution in [0.25, 0.3) is 0 Å². The van der Waals surface area contributed by atoms with Crippen LogP contribution in [0.3, 0.4) is 0 Å². The van der Waals surface area contributed by atoms with E-state index >= 15 is 0 Å². The number of rotatable bonds is 5. The highest BCUT2D eigenvalue weighted by Crippen LogP contribution is 2.04. The maximum atomic E-state index is 9.12. The molecule has 1 aromatic rings. The third kappa shape index (κ3) is 4.06. The number of guanidine groups is 1. The topological polar surface area (TPSA) is 67.0 Å². The van der Waals surface area contributed by atoms with Crippen LogP contribution in [0.2, 0.25) is 0 Å². The Hall–Kier alpha value is -2.09. The van der Waals surface area contributed by atoms with Gasteiger partial charge < -0.3 is 4.90 Å². The van der Waals surface area contributed by atoms with Gasteiger partial charge in [-0.1, -0.05) is 19.4 Å². The molecule has 18 heavy (non-hydrogen) atoms. The van der Waals surface area contributed by atoms with Crippen molar-refractivity contribution in [3.63, 3.8) is 0 Å². The largest absolute Gasteiger partial charge is 0.345 e. The SMILES string of the molecule is CCCCN(C)C(=N)N(C#N)Cc1cccnc1. The molecule has 0 radical (unpaired) electrons. The molecule has 1 rings (SSSR count). The van der Waals surface area contributed by atoms with Gasteiger partial charge in [-0.2, -0.15) is 5.26 Å². The second kappa shape index (κ2) is 7.28. The van der Waals surface area contributed by atoms with E-state index < -0.39 is 0 Å². The normalized spacial score (nSPS) is 9.61. The molecule has 1 heterocycles. The van der Waals surface area contributed by atoms with Crippen LogP contribution < -0.4 is 0 Å². The average Bonchev–Trinajstić information content (AvgIpc) is 2.42. The van der Waals surface area contributed by atoms with Crippen LogP contribution >= 0.6 is 0 Å². The summed E-state index contributed by atoms with van der Waals surface area (Å²) in [5, 5.41) is 17.1. The number of unbranched alkanes of at least 4 members (excludes halogenated alkanes) is 1. The van der Waals surface area contributed by atoms with Crippen LogP contribution in [-0.2, 0) is 6.54 Å². The third-order valence-corrected chi connectivity index (χ3v) is 2.65. The van der Waals surface area contributed by atoms with E-state index in [9.17, 15) is 0 Å². The first-order valence-corrected chi connectivity index (χ1v) is 6.05. The Morgan fingerprint density at radius 1 is 1.56 bits per heavy atom. The second-order valence-corrected chi connectivity index (χ2v) is 4.15. The maximum Gasteiger partial charge on any atom is 0.207 e. The van der Waals surface area contributed by atoms with E-state index in [1.54, 1.807) is 17.3 Å². The lowest BCUT2D eigenvalue weighted by molar-refractivity contribution is 0.402. The van der Waals surface area contributed by atoms with Gasteiger partial charge in [0, 0.05) is 26.0 Å². The van der Waals surface area contributed by atoms with Crippen molar-refractivity contribution in [1.82, 2.24) is 14.8 Å². The molecule has 0 aliphatic heterocycles. The fourth-order valence-corrected chi connectivity index (χ4v) is 1.54. The van der Waals surface area contributed by atoms with Crippen LogP contribution in [-0.4, -0.2) is 34.3 Å². The molecular formula is C13H19N5. The van der Waals surface area contributed by atoms with Gasteiger partial charge in [0.05, 0.1) is 6.54 Å². The molecule has 0 saturated heterocycles. The van der Waals surface area contributed by atoms with E-state index in [1.807, 2.05) is 25.4 Å². The van der Waals surface area contributed by atoms with Crippen LogP contribution in [0.15, 0.2) is 24.5 Å². The van der Waals surface area contributed by atoms with E-state index in [1.165, 1.54) is 4.90 Å². The molecule has 0 atom stereocenters. The Bertz CT molecular complexity index is 409. The molecule has 0 aromatic carbocycles. The third-order valence-electron chi connectivity index (χ3n) is 2.65. The fraction of sp³-hybridized carbons (Fsp3) is 0.462. The minimum Gasteiger partial charge on any atom is -0.345 e. The zero-order valence-corrected chi connectivity index (χ0v) is 10.9. The summed E-state index contributed by atoms with van der Waals surface area (Å²) in [5.41, 5.74) is 0.924. The van der Waals surface area contributed by atoms with Crippen molar-refractivity contribution in [3.05, 3.63) is 30.1 Å². The quantitative estimate of drug-likeness (QED) is 0.373. The zero-order valence-electron chi connectivity index (χ0n) is 10.9. The van der Waals surface area contributed by atoms with Gasteiger partial charge in [0.2, 0.25) is 5.96 Å². The number of pyridine rings is 1. The van der Waals surface area contributed by atoms with Gasteiger partial charge in [-0.3, -0.25) is 10.4 Å². The molecule has 5 nitrogen and oxygen atoms in total. The highest BCUT2D eigenvalue weighted by Gasteiger charge is 2.13. The molecule has 0 fully saturated rings. The zero-order chi connectivity index (χ0) is 13.4. The predicted molar refractivity (Wildman–Crippen MR) is 70.7 cm³/mol. The lowest BCUT2D eigenvalue weighted by atomic mass is 10.3. The Morgan fingerprint density at radius 2 is 2.33 bits per heavy atom. The minimum atomic E-state index is 0.231. The van der Waals surface area contributed by atoms with E-state index in [-0.39, 0.29) is 5.96 Å². The lowest BCUT2D eigenvalue weighted by Gasteiger charge is -2.25. The van der Waals surface area contributed by atoms with Gasteiger partial charge in [-0.15, -0.1) is 0 Å². The second-order valence-electron chi connectivity index (χ2n) is 4.15. The van der Waals surface area contributed by atoms with Gasteiger partial charge in [-0.25, -0.2) is 4.90 Å². The first-order chi connectivity index (χ1) is 8.69. The van der Waals surface area contributed by atoms with Crippen molar-refractivity contribution >= 4 is 5.96 Å². The molecule has 5 heteroatoms. The number of hydrogen-bond donors (Lipinski definition) is 1. The van der Waals surface area contributed by atoms with Crippen molar-refractivity contribution in [1.29, 1.82) is 10.7 Å². The van der Waals surface area contributed by atoms with Gasteiger partial charge in [-0.05, 0) is 18.1 Å². The Balaban J connectivity index is 2.61. The van der Waals surface area contributed by atoms with E-state index in [2.05, 4.69) is 11.9 Å². The Labute approximate surface area is 108 Å². The predicted octanol–water partition coefficient (Wildman–Crippen LogP) is 2.03. The highest BCUT2D eigenvalue weighted by atomic mass is 15.3. The fourth-order valence-electron chi connectivity index (χ4n) is 1.54. The number of nitrogens with one attached hydrogen (secondary N) is 1. The highest BCUT2D eigenvalue weighted by molar-refractivity contribution is 5.78. The lowest BCUT2D eigenvalue weighted by Crippen LogP contribution is -2.39. The number of nitriles is 1. The molecule has 96 valence electrons. The van der Waals surface area contributed by atoms with Gasteiger partial charge in [0.15, 0.2) is 6.19 Å². The van der Waals surface area contributed by atoms with Gasteiger partial charge in [0.25, 0.3) is 0 Å². The van der Waals surface area contributed by atoms with Crippen LogP contribution in [0.4, 0.5) is 0 Å². The first-order valence-electron chi connectivity index (χ1n) is 6.05. The monoisotopic (exact) mass is 245 g/mol. The molecule has 0 aliphatic rings. The van der Waals surface area contributed by atoms with Crippen molar-refractivity contribution in [3.8, 4) is 6.19 Å². The van der Waals surface area contributed by atoms with Crippen molar-refractivity contribution in [2.24, 2.45) is 0 Å². The summed E-state index contributed by atoms with van der Waals surface area (Å²) >= 11 is 0.